The molecule has 0 aromatic carbocycles. The van der Waals surface area contributed by atoms with Crippen LogP contribution in [-0.4, -0.2) is 75.3 Å². The fraction of sp³-hybridized carbons (Fsp3) is 0.750. The van der Waals surface area contributed by atoms with Gasteiger partial charge in [-0.25, -0.2) is 4.79 Å². The highest BCUT2D eigenvalue weighted by molar-refractivity contribution is 5.95. The number of hydrogen-bond donors (Lipinski definition) is 7. The summed E-state index contributed by atoms with van der Waals surface area (Å²) in [7, 11) is 0. The first kappa shape index (κ1) is 29.3. The van der Waals surface area contributed by atoms with Crippen molar-refractivity contribution in [2.75, 3.05) is 0 Å². The Morgan fingerprint density at radius 1 is 0.844 bits per heavy atom. The van der Waals surface area contributed by atoms with Crippen LogP contribution in [0.3, 0.4) is 0 Å². The van der Waals surface area contributed by atoms with Gasteiger partial charge in [-0.1, -0.05) is 34.1 Å². The maximum Gasteiger partial charge on any atom is 0.328 e. The van der Waals surface area contributed by atoms with Crippen molar-refractivity contribution in [3.8, 4) is 0 Å². The molecule has 184 valence electrons. The average Bonchev–Trinajstić information content (AvgIpc) is 2.66. The third kappa shape index (κ3) is 10.1. The Kier molecular flexibility index (Phi) is 12.5. The number of aliphatic carboxylic acids is 2. The zero-order valence-electron chi connectivity index (χ0n) is 19.1. The van der Waals surface area contributed by atoms with Crippen LogP contribution < -0.4 is 21.7 Å². The monoisotopic (exact) mass is 460 g/mol. The SMILES string of the molecule is CCC(C)C(NC(=O)C(N)CC(C)C)C(=O)NC(CC(=O)O)C(=O)NC(C(=O)O)C(C)O. The second-order valence-corrected chi connectivity index (χ2v) is 8.33. The topological polar surface area (TPSA) is 208 Å². The minimum absolute atomic E-state index is 0.145. The van der Waals surface area contributed by atoms with Gasteiger partial charge < -0.3 is 37.0 Å². The van der Waals surface area contributed by atoms with Crippen LogP contribution in [-0.2, 0) is 24.0 Å². The molecule has 0 aliphatic rings. The van der Waals surface area contributed by atoms with Gasteiger partial charge in [0.1, 0.15) is 12.1 Å². The molecule has 0 aliphatic carbocycles. The number of carboxylic acid groups (broad SMARTS) is 2. The van der Waals surface area contributed by atoms with Gasteiger partial charge in [0.15, 0.2) is 6.04 Å². The molecule has 0 bridgehead atoms. The van der Waals surface area contributed by atoms with E-state index >= 15 is 0 Å². The van der Waals surface area contributed by atoms with Crippen molar-refractivity contribution in [2.24, 2.45) is 17.6 Å². The summed E-state index contributed by atoms with van der Waals surface area (Å²) in [5, 5.41) is 34.6. The first-order chi connectivity index (χ1) is 14.7. The first-order valence-corrected chi connectivity index (χ1v) is 10.5. The Hall–Kier alpha value is -2.73. The zero-order chi connectivity index (χ0) is 25.2. The summed E-state index contributed by atoms with van der Waals surface area (Å²) >= 11 is 0. The van der Waals surface area contributed by atoms with E-state index in [-0.39, 0.29) is 11.8 Å². The van der Waals surface area contributed by atoms with Gasteiger partial charge in [0.05, 0.1) is 18.6 Å². The number of hydrogen-bond acceptors (Lipinski definition) is 7. The van der Waals surface area contributed by atoms with Crippen LogP contribution in [0.15, 0.2) is 0 Å². The van der Waals surface area contributed by atoms with Crippen LogP contribution in [0.25, 0.3) is 0 Å². The number of aliphatic hydroxyl groups is 1. The highest BCUT2D eigenvalue weighted by Gasteiger charge is 2.34. The Morgan fingerprint density at radius 2 is 1.38 bits per heavy atom. The maximum absolute atomic E-state index is 12.9. The quantitative estimate of drug-likeness (QED) is 0.166. The Labute approximate surface area is 187 Å². The second kappa shape index (κ2) is 13.6. The lowest BCUT2D eigenvalue weighted by Crippen LogP contribution is -2.59. The third-order valence-electron chi connectivity index (χ3n) is 4.91. The highest BCUT2D eigenvalue weighted by atomic mass is 16.4. The molecule has 0 aromatic heterocycles. The van der Waals surface area contributed by atoms with E-state index in [1.807, 2.05) is 19.2 Å². The summed E-state index contributed by atoms with van der Waals surface area (Å²) in [6.45, 7) is 8.39. The smallest absolute Gasteiger partial charge is 0.328 e. The number of carboxylic acids is 2. The summed E-state index contributed by atoms with van der Waals surface area (Å²) in [4.78, 5) is 60.2. The van der Waals surface area contributed by atoms with Gasteiger partial charge in [-0.2, -0.15) is 0 Å². The Bertz CT molecular complexity index is 683. The predicted octanol–water partition coefficient (Wildman–Crippen LogP) is -1.20. The lowest BCUT2D eigenvalue weighted by atomic mass is 9.96. The van der Waals surface area contributed by atoms with Crippen LogP contribution >= 0.6 is 0 Å². The van der Waals surface area contributed by atoms with Crippen LogP contribution in [0.1, 0.15) is 53.9 Å². The standard InChI is InChI=1S/C20H36N4O8/c1-6-10(4)15(23-17(28)12(21)7-9(2)3)19(30)22-13(8-14(26)27)18(29)24-16(11(5)25)20(31)32/h9-13,15-16,25H,6-8,21H2,1-5H3,(H,22,30)(H,23,28)(H,24,29)(H,26,27)(H,31,32). The first-order valence-electron chi connectivity index (χ1n) is 10.5. The van der Waals surface area contributed by atoms with Crippen LogP contribution in [0.2, 0.25) is 0 Å². The van der Waals surface area contributed by atoms with E-state index in [1.165, 1.54) is 0 Å². The van der Waals surface area contributed by atoms with Crippen molar-refractivity contribution < 1.29 is 39.3 Å². The third-order valence-corrected chi connectivity index (χ3v) is 4.91. The number of nitrogens with one attached hydrogen (secondary N) is 3. The molecular weight excluding hydrogens is 424 g/mol. The van der Waals surface area contributed by atoms with E-state index in [4.69, 9.17) is 15.9 Å². The van der Waals surface area contributed by atoms with Crippen LogP contribution in [0, 0.1) is 11.8 Å². The fourth-order valence-electron chi connectivity index (χ4n) is 2.87. The van der Waals surface area contributed by atoms with Crippen molar-refractivity contribution in [3.63, 3.8) is 0 Å². The molecule has 3 amide bonds. The minimum Gasteiger partial charge on any atom is -0.481 e. The minimum atomic E-state index is -1.70. The predicted molar refractivity (Wildman–Crippen MR) is 114 cm³/mol. The molecule has 8 N–H and O–H groups in total. The highest BCUT2D eigenvalue weighted by Crippen LogP contribution is 2.11. The van der Waals surface area contributed by atoms with Gasteiger partial charge in [0.25, 0.3) is 0 Å². The molecule has 0 aromatic rings. The van der Waals surface area contributed by atoms with Crippen LogP contribution in [0.4, 0.5) is 0 Å². The number of nitrogens with two attached hydrogens (primary N) is 1. The fourth-order valence-corrected chi connectivity index (χ4v) is 2.87. The van der Waals surface area contributed by atoms with Crippen molar-refractivity contribution in [1.82, 2.24) is 16.0 Å². The molecule has 6 atom stereocenters. The zero-order valence-corrected chi connectivity index (χ0v) is 19.1. The molecule has 12 heteroatoms. The molecule has 0 spiro atoms. The lowest BCUT2D eigenvalue weighted by molar-refractivity contribution is -0.146. The summed E-state index contributed by atoms with van der Waals surface area (Å²) in [6, 6.07) is -5.28. The molecule has 0 aliphatic heterocycles. The molecule has 0 heterocycles. The number of amides is 3. The van der Waals surface area contributed by atoms with Crippen molar-refractivity contribution in [3.05, 3.63) is 0 Å². The number of carbonyl (C=O) groups excluding carboxylic acids is 3. The number of aliphatic hydroxyl groups excluding tert-OH is 1. The molecule has 0 fully saturated rings. The Morgan fingerprint density at radius 3 is 1.78 bits per heavy atom. The van der Waals surface area contributed by atoms with E-state index in [1.54, 1.807) is 13.8 Å². The van der Waals surface area contributed by atoms with Crippen molar-refractivity contribution in [1.29, 1.82) is 0 Å². The number of carbonyl (C=O) groups is 5. The van der Waals surface area contributed by atoms with E-state index in [0.29, 0.717) is 12.8 Å². The second-order valence-electron chi connectivity index (χ2n) is 8.33. The van der Waals surface area contributed by atoms with Gasteiger partial charge >= 0.3 is 11.9 Å². The van der Waals surface area contributed by atoms with E-state index in [2.05, 4.69) is 10.6 Å². The van der Waals surface area contributed by atoms with E-state index in [9.17, 15) is 29.1 Å². The van der Waals surface area contributed by atoms with Gasteiger partial charge in [0, 0.05) is 0 Å². The van der Waals surface area contributed by atoms with Gasteiger partial charge in [-0.15, -0.1) is 0 Å². The largest absolute Gasteiger partial charge is 0.481 e. The normalized spacial score (nSPS) is 16.8. The maximum atomic E-state index is 12.9. The lowest BCUT2D eigenvalue weighted by Gasteiger charge is -2.28. The van der Waals surface area contributed by atoms with E-state index in [0.717, 1.165) is 6.92 Å². The van der Waals surface area contributed by atoms with Crippen molar-refractivity contribution in [2.45, 2.75) is 84.2 Å². The molecule has 12 nitrogen and oxygen atoms in total. The summed E-state index contributed by atoms with van der Waals surface area (Å²) < 4.78 is 0. The molecule has 0 saturated heterocycles. The summed E-state index contributed by atoms with van der Waals surface area (Å²) in [5.41, 5.74) is 5.87. The summed E-state index contributed by atoms with van der Waals surface area (Å²) in [5.74, 6) is -5.64. The molecule has 6 unspecified atom stereocenters. The van der Waals surface area contributed by atoms with Gasteiger partial charge in [0.2, 0.25) is 17.7 Å². The van der Waals surface area contributed by atoms with Gasteiger partial charge in [-0.05, 0) is 25.2 Å². The molecule has 32 heavy (non-hydrogen) atoms. The number of rotatable bonds is 14. The Balaban J connectivity index is 5.57. The molecule has 0 rings (SSSR count). The van der Waals surface area contributed by atoms with Gasteiger partial charge in [-0.3, -0.25) is 19.2 Å². The van der Waals surface area contributed by atoms with Crippen molar-refractivity contribution >= 4 is 29.7 Å². The molecule has 0 radical (unpaired) electrons. The van der Waals surface area contributed by atoms with Crippen LogP contribution in [0.5, 0.6) is 0 Å². The molecular formula is C20H36N4O8. The van der Waals surface area contributed by atoms with E-state index < -0.39 is 66.4 Å². The summed E-state index contributed by atoms with van der Waals surface area (Å²) in [6.07, 6.45) is -1.43. The average molecular weight is 461 g/mol. The molecule has 0 saturated carbocycles.